The molecule has 1 fully saturated rings. The highest BCUT2D eigenvalue weighted by atomic mass is 16.6. The number of ether oxygens (including phenoxy) is 1. The minimum Gasteiger partial charge on any atom is -0.507 e. The Balaban J connectivity index is 2.24. The van der Waals surface area contributed by atoms with E-state index in [2.05, 4.69) is 0 Å². The Kier molecular flexibility index (Phi) is 1.33. The highest BCUT2D eigenvalue weighted by molar-refractivity contribution is 6.06. The number of phenols is 1. The molecule has 14 heavy (non-hydrogen) atoms. The van der Waals surface area contributed by atoms with Crippen molar-refractivity contribution in [3.63, 3.8) is 0 Å². The van der Waals surface area contributed by atoms with E-state index in [4.69, 9.17) is 4.74 Å². The number of carbonyl (C=O) groups excluding carboxylic acids is 1. The number of aromatic hydroxyl groups is 1. The van der Waals surface area contributed by atoms with Crippen molar-refractivity contribution in [3.8, 4) is 5.75 Å². The lowest BCUT2D eigenvalue weighted by molar-refractivity contribution is 0.0938. The van der Waals surface area contributed by atoms with Crippen molar-refractivity contribution >= 4 is 5.78 Å². The topological polar surface area (TPSA) is 70.1 Å². The number of ketones is 1. The standard InChI is InChI=1S/C10H8O4/c11-5-3-1-2-4-6(5)8(13)10-9(14-10)7(4)12/h1-3,7,9-12H/t7-,9-,10+/m1/s1. The predicted molar refractivity (Wildman–Crippen MR) is 46.1 cm³/mol. The van der Waals surface area contributed by atoms with Gasteiger partial charge in [-0.25, -0.2) is 0 Å². The van der Waals surface area contributed by atoms with Crippen molar-refractivity contribution in [1.82, 2.24) is 0 Å². The van der Waals surface area contributed by atoms with Crippen LogP contribution < -0.4 is 0 Å². The van der Waals surface area contributed by atoms with Crippen LogP contribution >= 0.6 is 0 Å². The Labute approximate surface area is 79.7 Å². The molecule has 0 spiro atoms. The number of aliphatic hydroxyl groups is 1. The van der Waals surface area contributed by atoms with Gasteiger partial charge in [-0.3, -0.25) is 4.79 Å². The molecule has 1 saturated heterocycles. The second-order valence-corrected chi connectivity index (χ2v) is 3.57. The van der Waals surface area contributed by atoms with Crippen LogP contribution in [0.25, 0.3) is 0 Å². The molecule has 2 N–H and O–H groups in total. The molecule has 2 aliphatic rings. The Morgan fingerprint density at radius 1 is 1.36 bits per heavy atom. The second kappa shape index (κ2) is 2.34. The summed E-state index contributed by atoms with van der Waals surface area (Å²) in [7, 11) is 0. The van der Waals surface area contributed by atoms with Crippen molar-refractivity contribution < 1.29 is 19.7 Å². The van der Waals surface area contributed by atoms with Gasteiger partial charge in [-0.2, -0.15) is 0 Å². The summed E-state index contributed by atoms with van der Waals surface area (Å²) in [4.78, 5) is 11.6. The van der Waals surface area contributed by atoms with Gasteiger partial charge in [-0.1, -0.05) is 12.1 Å². The zero-order valence-corrected chi connectivity index (χ0v) is 7.18. The van der Waals surface area contributed by atoms with E-state index in [1.165, 1.54) is 6.07 Å². The minimum atomic E-state index is -0.792. The molecule has 0 bridgehead atoms. The maximum atomic E-state index is 11.6. The molecule has 0 amide bonds. The number of fused-ring (bicyclic) bond motifs is 2. The van der Waals surface area contributed by atoms with Gasteiger partial charge in [0, 0.05) is 0 Å². The maximum absolute atomic E-state index is 11.6. The number of carbonyl (C=O) groups is 1. The Morgan fingerprint density at radius 2 is 2.14 bits per heavy atom. The lowest BCUT2D eigenvalue weighted by Crippen LogP contribution is -2.24. The molecule has 3 rings (SSSR count). The fourth-order valence-corrected chi connectivity index (χ4v) is 1.97. The van der Waals surface area contributed by atoms with Crippen LogP contribution in [0, 0.1) is 0 Å². The van der Waals surface area contributed by atoms with Crippen LogP contribution in [0.3, 0.4) is 0 Å². The van der Waals surface area contributed by atoms with Crippen molar-refractivity contribution in [2.75, 3.05) is 0 Å². The first-order chi connectivity index (χ1) is 6.70. The molecule has 3 atom stereocenters. The number of hydrogen-bond donors (Lipinski definition) is 2. The van der Waals surface area contributed by atoms with Gasteiger partial charge >= 0.3 is 0 Å². The molecular formula is C10H8O4. The number of rotatable bonds is 0. The molecule has 0 radical (unpaired) electrons. The van der Waals surface area contributed by atoms with E-state index in [1.807, 2.05) is 0 Å². The molecule has 1 aromatic carbocycles. The smallest absolute Gasteiger partial charge is 0.198 e. The van der Waals surface area contributed by atoms with E-state index in [-0.39, 0.29) is 17.1 Å². The number of hydrogen-bond acceptors (Lipinski definition) is 4. The van der Waals surface area contributed by atoms with Crippen LogP contribution in [-0.4, -0.2) is 28.2 Å². The molecule has 0 aromatic heterocycles. The zero-order valence-electron chi connectivity index (χ0n) is 7.18. The molecule has 0 unspecified atom stereocenters. The highest BCUT2D eigenvalue weighted by Crippen LogP contribution is 2.45. The zero-order chi connectivity index (χ0) is 9.87. The number of epoxide rings is 1. The van der Waals surface area contributed by atoms with E-state index >= 15 is 0 Å². The van der Waals surface area contributed by atoms with Crippen molar-refractivity contribution in [3.05, 3.63) is 29.3 Å². The Hall–Kier alpha value is -1.39. The summed E-state index contributed by atoms with van der Waals surface area (Å²) < 4.78 is 5.03. The third kappa shape index (κ3) is 0.818. The lowest BCUT2D eigenvalue weighted by Gasteiger charge is -2.17. The number of benzene rings is 1. The quantitative estimate of drug-likeness (QED) is 0.583. The molecule has 4 heteroatoms. The van der Waals surface area contributed by atoms with Gasteiger partial charge in [-0.05, 0) is 11.6 Å². The van der Waals surface area contributed by atoms with Crippen LogP contribution in [0.4, 0.5) is 0 Å². The van der Waals surface area contributed by atoms with Crippen molar-refractivity contribution in [2.24, 2.45) is 0 Å². The first kappa shape index (κ1) is 7.96. The highest BCUT2D eigenvalue weighted by Gasteiger charge is 2.55. The second-order valence-electron chi connectivity index (χ2n) is 3.57. The van der Waals surface area contributed by atoms with Crippen LogP contribution in [0.2, 0.25) is 0 Å². The normalized spacial score (nSPS) is 33.5. The maximum Gasteiger partial charge on any atom is 0.198 e. The van der Waals surface area contributed by atoms with Crippen LogP contribution in [0.1, 0.15) is 22.0 Å². The summed E-state index contributed by atoms with van der Waals surface area (Å²) in [6.45, 7) is 0. The molecule has 4 nitrogen and oxygen atoms in total. The SMILES string of the molecule is O=C1c2c(O)cccc2[C@@H](O)[C@H]2O[C@@H]12. The molecule has 72 valence electrons. The number of Topliss-reactive ketones (excluding diaryl/α,β-unsaturated/α-hetero) is 1. The van der Waals surface area contributed by atoms with E-state index in [9.17, 15) is 15.0 Å². The Bertz CT molecular complexity index is 426. The first-order valence-electron chi connectivity index (χ1n) is 4.40. The van der Waals surface area contributed by atoms with Gasteiger partial charge in [0.25, 0.3) is 0 Å². The third-order valence-electron chi connectivity index (χ3n) is 2.73. The van der Waals surface area contributed by atoms with Crippen LogP contribution in [-0.2, 0) is 4.74 Å². The van der Waals surface area contributed by atoms with E-state index in [1.54, 1.807) is 12.1 Å². The monoisotopic (exact) mass is 192 g/mol. The van der Waals surface area contributed by atoms with Crippen LogP contribution in [0.5, 0.6) is 5.75 Å². The molecule has 1 aliphatic carbocycles. The van der Waals surface area contributed by atoms with Gasteiger partial charge in [0.1, 0.15) is 18.0 Å². The summed E-state index contributed by atoms with van der Waals surface area (Å²) in [6, 6.07) is 4.68. The lowest BCUT2D eigenvalue weighted by atomic mass is 9.88. The van der Waals surface area contributed by atoms with E-state index in [0.717, 1.165) is 0 Å². The van der Waals surface area contributed by atoms with Gasteiger partial charge in [0.2, 0.25) is 0 Å². The number of aliphatic hydroxyl groups excluding tert-OH is 1. The van der Waals surface area contributed by atoms with Crippen molar-refractivity contribution in [1.29, 1.82) is 0 Å². The third-order valence-corrected chi connectivity index (χ3v) is 2.73. The largest absolute Gasteiger partial charge is 0.507 e. The number of phenolic OH excluding ortho intramolecular Hbond substituents is 1. The van der Waals surface area contributed by atoms with Gasteiger partial charge in [0.05, 0.1) is 5.56 Å². The van der Waals surface area contributed by atoms with E-state index in [0.29, 0.717) is 5.56 Å². The fraction of sp³-hybridized carbons (Fsp3) is 0.300. The van der Waals surface area contributed by atoms with Crippen LogP contribution in [0.15, 0.2) is 18.2 Å². The summed E-state index contributed by atoms with van der Waals surface area (Å²) in [5.74, 6) is -0.311. The molecule has 1 aliphatic heterocycles. The Morgan fingerprint density at radius 3 is 2.93 bits per heavy atom. The molecule has 0 saturated carbocycles. The molecule has 1 aromatic rings. The molecule has 1 heterocycles. The molecular weight excluding hydrogens is 184 g/mol. The van der Waals surface area contributed by atoms with Crippen molar-refractivity contribution in [2.45, 2.75) is 18.3 Å². The van der Waals surface area contributed by atoms with Gasteiger partial charge in [-0.15, -0.1) is 0 Å². The summed E-state index contributed by atoms with van der Waals surface area (Å²) in [5.41, 5.74) is 0.674. The van der Waals surface area contributed by atoms with Gasteiger partial charge < -0.3 is 14.9 Å². The summed E-state index contributed by atoms with van der Waals surface area (Å²) in [6.07, 6.45) is -1.75. The predicted octanol–water partition coefficient (Wildman–Crippen LogP) is 0.389. The first-order valence-corrected chi connectivity index (χ1v) is 4.40. The van der Waals surface area contributed by atoms with E-state index < -0.39 is 18.3 Å². The average Bonchev–Trinajstić information content (AvgIpc) is 2.93. The van der Waals surface area contributed by atoms with Gasteiger partial charge in [0.15, 0.2) is 11.9 Å². The summed E-state index contributed by atoms with van der Waals surface area (Å²) >= 11 is 0. The minimum absolute atomic E-state index is 0.0829. The fourth-order valence-electron chi connectivity index (χ4n) is 1.97. The summed E-state index contributed by atoms with van der Waals surface area (Å²) in [5, 5.41) is 19.2. The average molecular weight is 192 g/mol.